The van der Waals surface area contributed by atoms with E-state index in [1.807, 2.05) is 23.5 Å². The Morgan fingerprint density at radius 2 is 1.07 bits per heavy atom. The van der Waals surface area contributed by atoms with Crippen molar-refractivity contribution in [1.29, 1.82) is 0 Å². The molecule has 0 bridgehead atoms. The number of rotatable bonds is 5. The van der Waals surface area contributed by atoms with Gasteiger partial charge < -0.3 is 4.42 Å². The minimum Gasteiger partial charge on any atom is -0.455 e. The van der Waals surface area contributed by atoms with E-state index in [0.29, 0.717) is 0 Å². The van der Waals surface area contributed by atoms with Gasteiger partial charge in [-0.25, -0.2) is 0 Å². The van der Waals surface area contributed by atoms with Crippen LogP contribution in [0, 0.1) is 0 Å². The Morgan fingerprint density at radius 1 is 0.481 bits per heavy atom. The summed E-state index contributed by atoms with van der Waals surface area (Å²) in [6.45, 7) is 4.13. The molecule has 0 N–H and O–H groups in total. The molecule has 2 aromatic heterocycles. The number of furan rings is 1. The molecule has 0 unspecified atom stereocenters. The fraction of sp³-hybridized carbons (Fsp3) is 0. The van der Waals surface area contributed by atoms with Crippen molar-refractivity contribution < 1.29 is 4.42 Å². The number of fused-ring (bicyclic) bond motifs is 12. The second-order valence-corrected chi connectivity index (χ2v) is 15.1. The monoisotopic (exact) mass is 704 g/mol. The summed E-state index contributed by atoms with van der Waals surface area (Å²) in [6, 6.07) is 61.3. The molecule has 2 heteroatoms. The van der Waals surface area contributed by atoms with Crippen molar-refractivity contribution in [3.63, 3.8) is 0 Å². The fourth-order valence-electron chi connectivity index (χ4n) is 8.66. The maximum absolute atomic E-state index is 6.93. The summed E-state index contributed by atoms with van der Waals surface area (Å²) < 4.78 is 9.52. The first-order valence-corrected chi connectivity index (χ1v) is 19.2. The van der Waals surface area contributed by atoms with Gasteiger partial charge in [-0.05, 0) is 96.2 Å². The molecule has 0 atom stereocenters. The molecule has 0 aliphatic heterocycles. The summed E-state index contributed by atoms with van der Waals surface area (Å²) in [4.78, 5) is 0. The van der Waals surface area contributed by atoms with Gasteiger partial charge in [0.1, 0.15) is 11.2 Å². The van der Waals surface area contributed by atoms with Gasteiger partial charge in [-0.3, -0.25) is 0 Å². The molecule has 0 spiro atoms. The van der Waals surface area contributed by atoms with E-state index in [1.165, 1.54) is 69.2 Å². The van der Waals surface area contributed by atoms with E-state index in [4.69, 9.17) is 4.42 Å². The van der Waals surface area contributed by atoms with E-state index in [0.717, 1.165) is 44.2 Å². The number of hydrogen-bond donors (Lipinski definition) is 0. The van der Waals surface area contributed by atoms with E-state index in [9.17, 15) is 0 Å². The zero-order valence-electron chi connectivity index (χ0n) is 29.3. The van der Waals surface area contributed by atoms with Crippen LogP contribution in [-0.4, -0.2) is 0 Å². The van der Waals surface area contributed by atoms with Crippen molar-refractivity contribution in [2.75, 3.05) is 0 Å². The van der Waals surface area contributed by atoms with E-state index < -0.39 is 0 Å². The van der Waals surface area contributed by atoms with Gasteiger partial charge in [0.25, 0.3) is 0 Å². The average molecular weight is 705 g/mol. The number of hydrogen-bond acceptors (Lipinski definition) is 2. The smallest absolute Gasteiger partial charge is 0.144 e. The molecule has 252 valence electrons. The van der Waals surface area contributed by atoms with Crippen LogP contribution in [0.1, 0.15) is 11.1 Å². The zero-order chi connectivity index (χ0) is 35.8. The van der Waals surface area contributed by atoms with Crippen molar-refractivity contribution in [3.8, 4) is 22.3 Å². The second-order valence-electron chi connectivity index (χ2n) is 14.0. The van der Waals surface area contributed by atoms with E-state index >= 15 is 0 Å². The molecular weight excluding hydrogens is 673 g/mol. The Balaban J connectivity index is 1.15. The molecular formula is C52H32OS. The summed E-state index contributed by atoms with van der Waals surface area (Å²) in [5.41, 5.74) is 10.0. The van der Waals surface area contributed by atoms with Crippen LogP contribution in [-0.2, 0) is 0 Å². The predicted molar refractivity (Wildman–Crippen MR) is 235 cm³/mol. The molecule has 0 aliphatic rings. The lowest BCUT2D eigenvalue weighted by Gasteiger charge is -2.18. The first kappa shape index (κ1) is 30.8. The standard InChI is InChI=1S/C52H32OS/c1-2-33(34-16-4-3-5-17-34)29-32-15-14-18-35(30-32)47-37-19-6-8-21-39(37)48(40-22-9-7-20-38(40)47)36-27-28-43-45(31-36)53-51-42-24-11-10-23-41(42)49-44-25-12-13-26-46(44)54-52(49)50(43)51/h2-31H,1H2/b33-29+. The van der Waals surface area contributed by atoms with Gasteiger partial charge in [-0.2, -0.15) is 0 Å². The van der Waals surface area contributed by atoms with Crippen molar-refractivity contribution in [3.05, 3.63) is 194 Å². The lowest BCUT2D eigenvalue weighted by molar-refractivity contribution is 0.673. The largest absolute Gasteiger partial charge is 0.455 e. The fourth-order valence-corrected chi connectivity index (χ4v) is 9.93. The Hall–Kier alpha value is -6.74. The van der Waals surface area contributed by atoms with Gasteiger partial charge in [-0.1, -0.05) is 158 Å². The maximum Gasteiger partial charge on any atom is 0.144 e. The highest BCUT2D eigenvalue weighted by Crippen LogP contribution is 2.49. The van der Waals surface area contributed by atoms with Crippen molar-refractivity contribution >= 4 is 97.4 Å². The predicted octanol–water partition coefficient (Wildman–Crippen LogP) is 15.5. The Kier molecular flexibility index (Phi) is 6.95. The van der Waals surface area contributed by atoms with Gasteiger partial charge in [0.05, 0.1) is 0 Å². The van der Waals surface area contributed by atoms with E-state index in [-0.39, 0.29) is 0 Å². The molecule has 0 saturated carbocycles. The van der Waals surface area contributed by atoms with Crippen LogP contribution in [0.5, 0.6) is 0 Å². The molecule has 0 radical (unpaired) electrons. The highest BCUT2D eigenvalue weighted by Gasteiger charge is 2.21. The van der Waals surface area contributed by atoms with Gasteiger partial charge in [-0.15, -0.1) is 11.3 Å². The second kappa shape index (κ2) is 12.2. The van der Waals surface area contributed by atoms with Crippen LogP contribution >= 0.6 is 11.3 Å². The topological polar surface area (TPSA) is 13.1 Å². The third kappa shape index (κ3) is 4.64. The third-order valence-corrected chi connectivity index (χ3v) is 12.2. The lowest BCUT2D eigenvalue weighted by atomic mass is 9.85. The Morgan fingerprint density at radius 3 is 1.76 bits per heavy atom. The lowest BCUT2D eigenvalue weighted by Crippen LogP contribution is -1.91. The van der Waals surface area contributed by atoms with Crippen LogP contribution < -0.4 is 0 Å². The summed E-state index contributed by atoms with van der Waals surface area (Å²) in [5, 5.41) is 12.3. The van der Waals surface area contributed by atoms with Gasteiger partial charge in [0.15, 0.2) is 0 Å². The number of thiophene rings is 1. The molecule has 11 aromatic rings. The van der Waals surface area contributed by atoms with Crippen LogP contribution in [0.25, 0.3) is 108 Å². The SMILES string of the molecule is C=C/C(=C\c1cccc(-c2c3ccccc3c(-c3ccc4c(c3)oc3c5ccccc5c5c6ccccc6sc5c43)c3ccccc23)c1)c1ccccc1. The molecule has 0 fully saturated rings. The molecule has 54 heavy (non-hydrogen) atoms. The molecule has 1 nitrogen and oxygen atoms in total. The van der Waals surface area contributed by atoms with Crippen LogP contribution in [0.4, 0.5) is 0 Å². The molecule has 0 saturated heterocycles. The number of benzene rings is 9. The van der Waals surface area contributed by atoms with E-state index in [1.54, 1.807) is 0 Å². The summed E-state index contributed by atoms with van der Waals surface area (Å²) in [6.07, 6.45) is 4.16. The summed E-state index contributed by atoms with van der Waals surface area (Å²) in [5.74, 6) is 0. The average Bonchev–Trinajstić information content (AvgIpc) is 3.81. The van der Waals surface area contributed by atoms with Gasteiger partial charge in [0.2, 0.25) is 0 Å². The summed E-state index contributed by atoms with van der Waals surface area (Å²) in [7, 11) is 0. The molecule has 11 rings (SSSR count). The van der Waals surface area contributed by atoms with Crippen LogP contribution in [0.3, 0.4) is 0 Å². The van der Waals surface area contributed by atoms with E-state index in [2.05, 4.69) is 176 Å². The van der Waals surface area contributed by atoms with Crippen molar-refractivity contribution in [2.24, 2.45) is 0 Å². The van der Waals surface area contributed by atoms with Crippen LogP contribution in [0.15, 0.2) is 187 Å². The molecule has 0 aliphatic carbocycles. The quantitative estimate of drug-likeness (QED) is 0.0987. The first-order chi connectivity index (χ1) is 26.7. The Labute approximate surface area is 316 Å². The van der Waals surface area contributed by atoms with Gasteiger partial charge in [0, 0.05) is 36.3 Å². The maximum atomic E-state index is 6.93. The third-order valence-electron chi connectivity index (χ3n) is 11.0. The highest BCUT2D eigenvalue weighted by atomic mass is 32.1. The van der Waals surface area contributed by atoms with Gasteiger partial charge >= 0.3 is 0 Å². The highest BCUT2D eigenvalue weighted by molar-refractivity contribution is 7.27. The minimum atomic E-state index is 0.908. The number of allylic oxidation sites excluding steroid dienone is 2. The summed E-state index contributed by atoms with van der Waals surface area (Å²) >= 11 is 1.86. The molecule has 0 amide bonds. The van der Waals surface area contributed by atoms with Crippen LogP contribution in [0.2, 0.25) is 0 Å². The minimum absolute atomic E-state index is 0.908. The van der Waals surface area contributed by atoms with Crippen molar-refractivity contribution in [1.82, 2.24) is 0 Å². The zero-order valence-corrected chi connectivity index (χ0v) is 30.2. The molecule has 2 heterocycles. The first-order valence-electron chi connectivity index (χ1n) is 18.4. The Bertz CT molecular complexity index is 3280. The normalized spacial score (nSPS) is 12.3. The molecule has 9 aromatic carbocycles. The van der Waals surface area contributed by atoms with Crippen molar-refractivity contribution in [2.45, 2.75) is 0 Å².